The molecule has 3 aromatic rings. The molecule has 0 unspecified atom stereocenters. The predicted molar refractivity (Wildman–Crippen MR) is 97.0 cm³/mol. The molecule has 1 aromatic heterocycles. The number of hydrogen-bond donors (Lipinski definition) is 0. The lowest BCUT2D eigenvalue weighted by atomic mass is 10.1. The summed E-state index contributed by atoms with van der Waals surface area (Å²) in [5.41, 5.74) is 2.20. The molecule has 24 heavy (non-hydrogen) atoms. The second-order valence-electron chi connectivity index (χ2n) is 5.09. The van der Waals surface area contributed by atoms with Gasteiger partial charge in [-0.3, -0.25) is 14.9 Å². The van der Waals surface area contributed by atoms with E-state index < -0.39 is 4.92 Å². The van der Waals surface area contributed by atoms with Crippen LogP contribution in [0.5, 0.6) is 0 Å². The molecule has 0 saturated carbocycles. The Morgan fingerprint density at radius 2 is 1.67 bits per heavy atom. The Labute approximate surface area is 147 Å². The quantitative estimate of drug-likeness (QED) is 0.336. The topological polar surface area (TPSA) is 60.2 Å². The fourth-order valence-electron chi connectivity index (χ4n) is 2.19. The monoisotopic (exact) mass is 355 g/mol. The van der Waals surface area contributed by atoms with Crippen LogP contribution in [-0.4, -0.2) is 10.7 Å². The summed E-state index contributed by atoms with van der Waals surface area (Å²) < 4.78 is 0.526. The summed E-state index contributed by atoms with van der Waals surface area (Å²) in [7, 11) is 0. The zero-order valence-corrected chi connectivity index (χ0v) is 14.4. The molecule has 0 aliphatic carbocycles. The Hall–Kier alpha value is -2.44. The summed E-state index contributed by atoms with van der Waals surface area (Å²) in [4.78, 5) is 23.5. The van der Waals surface area contributed by atoms with Gasteiger partial charge in [-0.2, -0.15) is 0 Å². The minimum absolute atomic E-state index is 0.0117. The molecule has 0 aliphatic heterocycles. The lowest BCUT2D eigenvalue weighted by Gasteiger charge is -2.03. The SMILES string of the molecule is CC(=O)c1cc([N+](=O)[O-])c(Sc2ccc(-c3ccccc3)cc2)s1. The predicted octanol–water partition coefficient (Wildman–Crippen LogP) is 5.68. The summed E-state index contributed by atoms with van der Waals surface area (Å²) in [5.74, 6) is -0.158. The zero-order chi connectivity index (χ0) is 17.1. The Kier molecular flexibility index (Phi) is 4.78. The number of rotatable bonds is 5. The van der Waals surface area contributed by atoms with E-state index in [2.05, 4.69) is 0 Å². The molecule has 0 atom stereocenters. The summed E-state index contributed by atoms with van der Waals surface area (Å²) in [5, 5.41) is 11.2. The minimum Gasteiger partial charge on any atom is -0.294 e. The molecule has 0 aliphatic rings. The maximum Gasteiger partial charge on any atom is 0.294 e. The molecule has 2 aromatic carbocycles. The number of Topliss-reactive ketones (excluding diaryl/α,β-unsaturated/α-hetero) is 1. The van der Waals surface area contributed by atoms with Gasteiger partial charge in [0.1, 0.15) is 4.21 Å². The van der Waals surface area contributed by atoms with Gasteiger partial charge in [0.25, 0.3) is 5.69 Å². The van der Waals surface area contributed by atoms with E-state index in [1.54, 1.807) is 0 Å². The Morgan fingerprint density at radius 1 is 1.04 bits per heavy atom. The van der Waals surface area contributed by atoms with Crippen LogP contribution in [0.1, 0.15) is 16.6 Å². The molecule has 0 fully saturated rings. The fraction of sp³-hybridized carbons (Fsp3) is 0.0556. The fourth-order valence-corrected chi connectivity index (χ4v) is 4.39. The second-order valence-corrected chi connectivity index (χ2v) is 7.48. The van der Waals surface area contributed by atoms with Gasteiger partial charge in [0.05, 0.1) is 9.80 Å². The third-order valence-corrected chi connectivity index (χ3v) is 5.82. The molecule has 0 spiro atoms. The lowest BCUT2D eigenvalue weighted by molar-refractivity contribution is -0.387. The van der Waals surface area contributed by atoms with Crippen LogP contribution in [0.3, 0.4) is 0 Å². The van der Waals surface area contributed by atoms with Gasteiger partial charge in [-0.1, -0.05) is 54.2 Å². The summed E-state index contributed by atoms with van der Waals surface area (Å²) in [6.45, 7) is 1.42. The third-order valence-electron chi connectivity index (χ3n) is 3.40. The van der Waals surface area contributed by atoms with Crippen molar-refractivity contribution in [2.24, 2.45) is 0 Å². The minimum atomic E-state index is -0.441. The van der Waals surface area contributed by atoms with Crippen molar-refractivity contribution < 1.29 is 9.72 Å². The molecule has 120 valence electrons. The molecule has 0 saturated heterocycles. The number of carbonyl (C=O) groups excluding carboxylic acids is 1. The first kappa shape index (κ1) is 16.4. The van der Waals surface area contributed by atoms with E-state index in [1.165, 1.54) is 24.8 Å². The van der Waals surface area contributed by atoms with Gasteiger partial charge in [-0.15, -0.1) is 11.3 Å². The van der Waals surface area contributed by atoms with Crippen LogP contribution in [0.25, 0.3) is 11.1 Å². The number of carbonyl (C=O) groups is 1. The summed E-state index contributed by atoms with van der Waals surface area (Å²) >= 11 is 2.47. The Bertz CT molecular complexity index is 886. The summed E-state index contributed by atoms with van der Waals surface area (Å²) in [6.07, 6.45) is 0. The van der Waals surface area contributed by atoms with Crippen molar-refractivity contribution in [2.75, 3.05) is 0 Å². The van der Waals surface area contributed by atoms with Gasteiger partial charge in [-0.05, 0) is 30.2 Å². The number of thiophene rings is 1. The molecule has 6 heteroatoms. The van der Waals surface area contributed by atoms with Gasteiger partial charge >= 0.3 is 0 Å². The maximum absolute atomic E-state index is 11.5. The van der Waals surface area contributed by atoms with Crippen molar-refractivity contribution in [2.45, 2.75) is 16.0 Å². The van der Waals surface area contributed by atoms with Crippen LogP contribution in [-0.2, 0) is 0 Å². The van der Waals surface area contributed by atoms with Crippen molar-refractivity contribution in [1.82, 2.24) is 0 Å². The molecule has 0 radical (unpaired) electrons. The number of nitro groups is 1. The molecular weight excluding hydrogens is 342 g/mol. The van der Waals surface area contributed by atoms with Crippen LogP contribution in [0.2, 0.25) is 0 Å². The average molecular weight is 355 g/mol. The van der Waals surface area contributed by atoms with Crippen molar-refractivity contribution in [3.63, 3.8) is 0 Å². The van der Waals surface area contributed by atoms with E-state index in [4.69, 9.17) is 0 Å². The Balaban J connectivity index is 1.86. The first-order chi connectivity index (χ1) is 11.5. The zero-order valence-electron chi connectivity index (χ0n) is 12.8. The summed E-state index contributed by atoms with van der Waals surface area (Å²) in [6, 6.07) is 19.2. The molecule has 4 nitrogen and oxygen atoms in total. The van der Waals surface area contributed by atoms with Crippen LogP contribution in [0.4, 0.5) is 5.69 Å². The van der Waals surface area contributed by atoms with E-state index in [1.807, 2.05) is 54.6 Å². The van der Waals surface area contributed by atoms with E-state index in [0.717, 1.165) is 27.4 Å². The van der Waals surface area contributed by atoms with E-state index in [0.29, 0.717) is 9.09 Å². The van der Waals surface area contributed by atoms with E-state index >= 15 is 0 Å². The van der Waals surface area contributed by atoms with Gasteiger partial charge in [0, 0.05) is 11.0 Å². The Morgan fingerprint density at radius 3 is 2.25 bits per heavy atom. The molecule has 0 amide bonds. The molecule has 0 N–H and O–H groups in total. The number of nitrogens with zero attached hydrogens (tertiary/aromatic N) is 1. The highest BCUT2D eigenvalue weighted by Crippen LogP contribution is 2.41. The first-order valence-electron chi connectivity index (χ1n) is 7.17. The van der Waals surface area contributed by atoms with Gasteiger partial charge < -0.3 is 0 Å². The molecule has 1 heterocycles. The highest BCUT2D eigenvalue weighted by Gasteiger charge is 2.21. The normalized spacial score (nSPS) is 10.5. The third kappa shape index (κ3) is 3.55. The van der Waals surface area contributed by atoms with Crippen molar-refractivity contribution in [3.8, 4) is 11.1 Å². The van der Waals surface area contributed by atoms with Crippen LogP contribution < -0.4 is 0 Å². The highest BCUT2D eigenvalue weighted by atomic mass is 32.2. The largest absolute Gasteiger partial charge is 0.294 e. The van der Waals surface area contributed by atoms with Crippen LogP contribution in [0, 0.1) is 10.1 Å². The van der Waals surface area contributed by atoms with Gasteiger partial charge in [-0.25, -0.2) is 0 Å². The number of benzene rings is 2. The smallest absolute Gasteiger partial charge is 0.294 e. The number of ketones is 1. The van der Waals surface area contributed by atoms with E-state index in [-0.39, 0.29) is 11.5 Å². The van der Waals surface area contributed by atoms with Gasteiger partial charge in [0.2, 0.25) is 0 Å². The highest BCUT2D eigenvalue weighted by molar-refractivity contribution is 8.01. The van der Waals surface area contributed by atoms with Crippen LogP contribution >= 0.6 is 23.1 Å². The molecule has 0 bridgehead atoms. The molecule has 3 rings (SSSR count). The van der Waals surface area contributed by atoms with Crippen LogP contribution in [0.15, 0.2) is 69.8 Å². The molecular formula is C18H13NO3S2. The second kappa shape index (κ2) is 6.98. The van der Waals surface area contributed by atoms with Gasteiger partial charge in [0.15, 0.2) is 5.78 Å². The lowest BCUT2D eigenvalue weighted by Crippen LogP contribution is -1.87. The van der Waals surface area contributed by atoms with Crippen molar-refractivity contribution in [3.05, 3.63) is 75.7 Å². The maximum atomic E-state index is 11.5. The standard InChI is InChI=1S/C18H13NO3S2/c1-12(20)17-11-16(19(21)22)18(24-17)23-15-9-7-14(8-10-15)13-5-3-2-4-6-13/h2-11H,1H3. The van der Waals surface area contributed by atoms with E-state index in [9.17, 15) is 14.9 Å². The number of hydrogen-bond acceptors (Lipinski definition) is 5. The average Bonchev–Trinajstić information content (AvgIpc) is 3.01. The first-order valence-corrected chi connectivity index (χ1v) is 8.80. The van der Waals surface area contributed by atoms with Crippen molar-refractivity contribution in [1.29, 1.82) is 0 Å². The van der Waals surface area contributed by atoms with Crippen molar-refractivity contribution >= 4 is 34.6 Å².